The zero-order valence-electron chi connectivity index (χ0n) is 13.2. The second-order valence-corrected chi connectivity index (χ2v) is 6.70. The maximum Gasteiger partial charge on any atom is 0.161 e. The molecule has 1 aromatic carbocycles. The lowest BCUT2D eigenvalue weighted by Crippen LogP contribution is -2.35. The highest BCUT2D eigenvalue weighted by atomic mass is 16.5. The Labute approximate surface area is 122 Å². The topological polar surface area (TPSA) is 30.5 Å². The summed E-state index contributed by atoms with van der Waals surface area (Å²) in [5.41, 5.74) is 1.34. The molecule has 0 spiro atoms. The van der Waals surface area contributed by atoms with Crippen LogP contribution in [0.5, 0.6) is 11.5 Å². The van der Waals surface area contributed by atoms with Crippen LogP contribution in [-0.4, -0.2) is 19.3 Å². The number of hydrogen-bond donors (Lipinski definition) is 1. The molecule has 0 unspecified atom stereocenters. The first-order chi connectivity index (χ1) is 9.48. The van der Waals surface area contributed by atoms with Crippen molar-refractivity contribution in [2.75, 3.05) is 13.7 Å². The molecule has 0 aliphatic heterocycles. The molecule has 3 nitrogen and oxygen atoms in total. The third kappa shape index (κ3) is 4.41. The molecule has 1 aliphatic rings. The molecule has 0 radical (unpaired) electrons. The van der Waals surface area contributed by atoms with E-state index in [0.717, 1.165) is 30.6 Å². The minimum absolute atomic E-state index is 0.118. The monoisotopic (exact) mass is 277 g/mol. The van der Waals surface area contributed by atoms with E-state index in [2.05, 4.69) is 38.2 Å². The first-order valence-corrected chi connectivity index (χ1v) is 7.53. The van der Waals surface area contributed by atoms with Gasteiger partial charge >= 0.3 is 0 Å². The summed E-state index contributed by atoms with van der Waals surface area (Å²) in [6.07, 6.45) is 3.95. The van der Waals surface area contributed by atoms with E-state index in [9.17, 15) is 0 Å². The van der Waals surface area contributed by atoms with Crippen molar-refractivity contribution in [3.8, 4) is 11.5 Å². The Bertz CT molecular complexity index is 433. The highest BCUT2D eigenvalue weighted by Gasteiger charge is 2.19. The number of ether oxygens (including phenoxy) is 2. The van der Waals surface area contributed by atoms with Gasteiger partial charge in [0.15, 0.2) is 11.5 Å². The van der Waals surface area contributed by atoms with Crippen molar-refractivity contribution in [3.05, 3.63) is 23.8 Å². The molecule has 0 amide bonds. The van der Waals surface area contributed by atoms with E-state index in [-0.39, 0.29) is 5.54 Å². The van der Waals surface area contributed by atoms with Gasteiger partial charge in [0.05, 0.1) is 13.7 Å². The van der Waals surface area contributed by atoms with Crippen LogP contribution in [0.1, 0.15) is 45.6 Å². The third-order valence-electron chi connectivity index (χ3n) is 3.75. The van der Waals surface area contributed by atoms with Crippen LogP contribution in [0, 0.1) is 5.92 Å². The Morgan fingerprint density at radius 2 is 1.95 bits per heavy atom. The van der Waals surface area contributed by atoms with Gasteiger partial charge in [-0.2, -0.15) is 0 Å². The van der Waals surface area contributed by atoms with Crippen LogP contribution in [0.4, 0.5) is 0 Å². The molecule has 1 N–H and O–H groups in total. The summed E-state index contributed by atoms with van der Waals surface area (Å²) in [5, 5.41) is 3.49. The third-order valence-corrected chi connectivity index (χ3v) is 3.75. The quantitative estimate of drug-likeness (QED) is 0.858. The van der Waals surface area contributed by atoms with E-state index in [1.54, 1.807) is 7.11 Å². The van der Waals surface area contributed by atoms with Crippen LogP contribution in [0.3, 0.4) is 0 Å². The van der Waals surface area contributed by atoms with Crippen molar-refractivity contribution in [2.45, 2.75) is 52.1 Å². The summed E-state index contributed by atoms with van der Waals surface area (Å²) in [6, 6.07) is 6.18. The van der Waals surface area contributed by atoms with Crippen LogP contribution in [-0.2, 0) is 6.54 Å². The summed E-state index contributed by atoms with van der Waals surface area (Å²) in [4.78, 5) is 0. The van der Waals surface area contributed by atoms with Gasteiger partial charge in [0, 0.05) is 12.1 Å². The van der Waals surface area contributed by atoms with Gasteiger partial charge in [0.2, 0.25) is 0 Å². The number of methoxy groups -OCH3 is 1. The van der Waals surface area contributed by atoms with Gasteiger partial charge in [-0.3, -0.25) is 0 Å². The first-order valence-electron chi connectivity index (χ1n) is 7.53. The summed E-state index contributed by atoms with van der Waals surface area (Å²) in [6.45, 7) is 8.17. The number of benzene rings is 1. The van der Waals surface area contributed by atoms with Gasteiger partial charge in [0.1, 0.15) is 0 Å². The predicted molar refractivity (Wildman–Crippen MR) is 82.4 cm³/mol. The fourth-order valence-electron chi connectivity index (χ4n) is 2.18. The van der Waals surface area contributed by atoms with Gasteiger partial charge in [0.25, 0.3) is 0 Å². The van der Waals surface area contributed by atoms with E-state index >= 15 is 0 Å². The van der Waals surface area contributed by atoms with E-state index in [4.69, 9.17) is 9.47 Å². The second kappa shape index (κ2) is 6.49. The molecule has 1 fully saturated rings. The van der Waals surface area contributed by atoms with Crippen LogP contribution >= 0.6 is 0 Å². The maximum absolute atomic E-state index is 5.95. The smallest absolute Gasteiger partial charge is 0.161 e. The van der Waals surface area contributed by atoms with Crippen LogP contribution in [0.15, 0.2) is 18.2 Å². The average molecular weight is 277 g/mol. The van der Waals surface area contributed by atoms with Crippen molar-refractivity contribution in [1.29, 1.82) is 0 Å². The minimum Gasteiger partial charge on any atom is -0.493 e. The van der Waals surface area contributed by atoms with E-state index in [1.807, 2.05) is 6.07 Å². The van der Waals surface area contributed by atoms with Crippen molar-refractivity contribution in [1.82, 2.24) is 5.32 Å². The number of nitrogens with one attached hydrogen (secondary N) is 1. The predicted octanol–water partition coefficient (Wildman–Crippen LogP) is 3.76. The average Bonchev–Trinajstić information content (AvgIpc) is 2.34. The fraction of sp³-hybridized carbons (Fsp3) is 0.647. The van der Waals surface area contributed by atoms with Crippen molar-refractivity contribution in [3.63, 3.8) is 0 Å². The van der Waals surface area contributed by atoms with Crippen LogP contribution in [0.25, 0.3) is 0 Å². The molecular formula is C17H27NO2. The lowest BCUT2D eigenvalue weighted by molar-refractivity contribution is 0.175. The van der Waals surface area contributed by atoms with E-state index in [0.29, 0.717) is 0 Å². The Morgan fingerprint density at radius 1 is 1.20 bits per heavy atom. The standard InChI is InChI=1S/C17H27NO2/c1-17(2,3)18-11-14-8-9-15(19-4)16(10-14)20-12-13-6-5-7-13/h8-10,13,18H,5-7,11-12H2,1-4H3. The zero-order valence-corrected chi connectivity index (χ0v) is 13.2. The largest absolute Gasteiger partial charge is 0.493 e. The van der Waals surface area contributed by atoms with Gasteiger partial charge in [-0.25, -0.2) is 0 Å². The molecule has 3 heteroatoms. The van der Waals surface area contributed by atoms with Crippen molar-refractivity contribution in [2.24, 2.45) is 5.92 Å². The van der Waals surface area contributed by atoms with Gasteiger partial charge < -0.3 is 14.8 Å². The normalized spacial score (nSPS) is 15.8. The number of rotatable bonds is 6. The van der Waals surface area contributed by atoms with Gasteiger partial charge in [-0.15, -0.1) is 0 Å². The van der Waals surface area contributed by atoms with Crippen molar-refractivity contribution < 1.29 is 9.47 Å². The fourth-order valence-corrected chi connectivity index (χ4v) is 2.18. The molecule has 0 saturated heterocycles. The Kier molecular flexibility index (Phi) is 4.92. The highest BCUT2D eigenvalue weighted by Crippen LogP contribution is 2.31. The first kappa shape index (κ1) is 15.2. The van der Waals surface area contributed by atoms with Crippen molar-refractivity contribution >= 4 is 0 Å². The summed E-state index contributed by atoms with van der Waals surface area (Å²) < 4.78 is 11.3. The van der Waals surface area contributed by atoms with E-state index in [1.165, 1.54) is 24.8 Å². The molecule has 0 aromatic heterocycles. The SMILES string of the molecule is COc1ccc(CNC(C)(C)C)cc1OCC1CCC1. The van der Waals surface area contributed by atoms with Gasteiger partial charge in [-0.1, -0.05) is 12.5 Å². The Balaban J connectivity index is 1.99. The van der Waals surface area contributed by atoms with Gasteiger partial charge in [-0.05, 0) is 57.2 Å². The summed E-state index contributed by atoms with van der Waals surface area (Å²) in [5.74, 6) is 2.42. The molecule has 1 aliphatic carbocycles. The molecule has 112 valence electrons. The lowest BCUT2D eigenvalue weighted by Gasteiger charge is -2.26. The summed E-state index contributed by atoms with van der Waals surface area (Å²) in [7, 11) is 1.69. The second-order valence-electron chi connectivity index (χ2n) is 6.70. The Hall–Kier alpha value is -1.22. The van der Waals surface area contributed by atoms with Crippen LogP contribution < -0.4 is 14.8 Å². The molecule has 20 heavy (non-hydrogen) atoms. The minimum atomic E-state index is 0.118. The Morgan fingerprint density at radius 3 is 2.50 bits per heavy atom. The lowest BCUT2D eigenvalue weighted by atomic mass is 9.86. The van der Waals surface area contributed by atoms with Crippen LogP contribution in [0.2, 0.25) is 0 Å². The number of hydrogen-bond acceptors (Lipinski definition) is 3. The van der Waals surface area contributed by atoms with E-state index < -0.39 is 0 Å². The zero-order chi connectivity index (χ0) is 14.6. The highest BCUT2D eigenvalue weighted by molar-refractivity contribution is 5.43. The molecular weight excluding hydrogens is 250 g/mol. The molecule has 1 saturated carbocycles. The molecule has 2 rings (SSSR count). The molecule has 1 aromatic rings. The molecule has 0 heterocycles. The molecule has 0 bridgehead atoms. The summed E-state index contributed by atoms with van der Waals surface area (Å²) >= 11 is 0. The molecule has 0 atom stereocenters. The maximum atomic E-state index is 5.95.